The molecule has 1 aromatic carbocycles. The Morgan fingerprint density at radius 2 is 1.88 bits per heavy atom. The molecule has 3 nitrogen and oxygen atoms in total. The van der Waals surface area contributed by atoms with Crippen molar-refractivity contribution in [3.8, 4) is 0 Å². The summed E-state index contributed by atoms with van der Waals surface area (Å²) in [4.78, 5) is 0. The smallest absolute Gasteiger partial charge is 0.0895 e. The van der Waals surface area contributed by atoms with E-state index in [1.807, 2.05) is 18.2 Å². The van der Waals surface area contributed by atoms with Crippen molar-refractivity contribution in [2.75, 3.05) is 13.2 Å². The van der Waals surface area contributed by atoms with E-state index in [-0.39, 0.29) is 12.1 Å². The Hall–Kier alpha value is -0.900. The molecular weight excluding hydrogens is 214 g/mol. The van der Waals surface area contributed by atoms with Crippen molar-refractivity contribution < 1.29 is 10.2 Å². The van der Waals surface area contributed by atoms with Crippen LogP contribution >= 0.6 is 0 Å². The fourth-order valence-electron chi connectivity index (χ4n) is 1.65. The van der Waals surface area contributed by atoms with Crippen LogP contribution in [0.4, 0.5) is 0 Å². The van der Waals surface area contributed by atoms with Gasteiger partial charge in [0.15, 0.2) is 0 Å². The van der Waals surface area contributed by atoms with Gasteiger partial charge in [0.25, 0.3) is 0 Å². The molecule has 17 heavy (non-hydrogen) atoms. The van der Waals surface area contributed by atoms with Crippen LogP contribution < -0.4 is 5.32 Å². The molecule has 0 aliphatic heterocycles. The number of aliphatic hydroxyl groups excluding tert-OH is 2. The number of aryl methyl sites for hydroxylation is 1. The maximum absolute atomic E-state index is 9.29. The van der Waals surface area contributed by atoms with E-state index in [0.29, 0.717) is 6.54 Å². The van der Waals surface area contributed by atoms with Gasteiger partial charge in [-0.05, 0) is 32.3 Å². The van der Waals surface area contributed by atoms with Crippen molar-refractivity contribution in [2.45, 2.75) is 38.3 Å². The number of benzene rings is 1. The number of β-amino-alcohol motifs (C(OH)–C–C–N with tert-alkyl or cyclic N) is 1. The average Bonchev–Trinajstić information content (AvgIpc) is 2.35. The van der Waals surface area contributed by atoms with Crippen molar-refractivity contribution in [3.63, 3.8) is 0 Å². The first-order valence-electron chi connectivity index (χ1n) is 6.11. The lowest BCUT2D eigenvalue weighted by atomic mass is 9.95. The van der Waals surface area contributed by atoms with E-state index in [4.69, 9.17) is 5.11 Å². The molecule has 0 heterocycles. The van der Waals surface area contributed by atoms with Crippen LogP contribution in [0.25, 0.3) is 0 Å². The van der Waals surface area contributed by atoms with Crippen molar-refractivity contribution in [1.29, 1.82) is 0 Å². The number of hydrogen-bond acceptors (Lipinski definition) is 3. The van der Waals surface area contributed by atoms with Crippen LogP contribution in [0.15, 0.2) is 30.3 Å². The molecule has 96 valence electrons. The largest absolute Gasteiger partial charge is 0.394 e. The Kier molecular flexibility index (Phi) is 5.62. The standard InChI is InChI=1S/C14H23NO2/c1-14(2,15-10-13(17)11-16)9-8-12-6-4-3-5-7-12/h3-7,13,15-17H,8-11H2,1-2H3. The zero-order valence-corrected chi connectivity index (χ0v) is 10.7. The molecule has 0 saturated carbocycles. The highest BCUT2D eigenvalue weighted by Gasteiger charge is 2.17. The maximum Gasteiger partial charge on any atom is 0.0895 e. The summed E-state index contributed by atoms with van der Waals surface area (Å²) in [5.41, 5.74) is 1.29. The summed E-state index contributed by atoms with van der Waals surface area (Å²) in [7, 11) is 0. The number of rotatable bonds is 7. The van der Waals surface area contributed by atoms with Crippen LogP contribution in [0, 0.1) is 0 Å². The highest BCUT2D eigenvalue weighted by Crippen LogP contribution is 2.13. The minimum Gasteiger partial charge on any atom is -0.394 e. The highest BCUT2D eigenvalue weighted by molar-refractivity contribution is 5.15. The SMILES string of the molecule is CC(C)(CCc1ccccc1)NCC(O)CO. The lowest BCUT2D eigenvalue weighted by Crippen LogP contribution is -2.44. The molecule has 0 bridgehead atoms. The molecule has 0 aliphatic carbocycles. The fraction of sp³-hybridized carbons (Fsp3) is 0.571. The number of hydrogen-bond donors (Lipinski definition) is 3. The Morgan fingerprint density at radius 1 is 1.24 bits per heavy atom. The van der Waals surface area contributed by atoms with Gasteiger partial charge in [-0.1, -0.05) is 30.3 Å². The maximum atomic E-state index is 9.29. The Morgan fingerprint density at radius 3 is 2.47 bits per heavy atom. The van der Waals surface area contributed by atoms with Gasteiger partial charge in [0.2, 0.25) is 0 Å². The Labute approximate surface area is 103 Å². The van der Waals surface area contributed by atoms with Gasteiger partial charge in [-0.15, -0.1) is 0 Å². The molecular formula is C14H23NO2. The molecule has 0 aliphatic rings. The zero-order valence-electron chi connectivity index (χ0n) is 10.7. The van der Waals surface area contributed by atoms with Gasteiger partial charge >= 0.3 is 0 Å². The van der Waals surface area contributed by atoms with Gasteiger partial charge in [-0.3, -0.25) is 0 Å². The van der Waals surface area contributed by atoms with Crippen LogP contribution in [0.5, 0.6) is 0 Å². The van der Waals surface area contributed by atoms with Gasteiger partial charge in [-0.2, -0.15) is 0 Å². The van der Waals surface area contributed by atoms with E-state index < -0.39 is 6.10 Å². The Balaban J connectivity index is 2.34. The predicted molar refractivity (Wildman–Crippen MR) is 69.9 cm³/mol. The first-order chi connectivity index (χ1) is 8.03. The summed E-state index contributed by atoms with van der Waals surface area (Å²) in [5.74, 6) is 0. The molecule has 1 unspecified atom stereocenters. The van der Waals surface area contributed by atoms with E-state index in [1.165, 1.54) is 5.56 Å². The zero-order chi connectivity index (χ0) is 12.7. The molecule has 0 aromatic heterocycles. The fourth-order valence-corrected chi connectivity index (χ4v) is 1.65. The minimum atomic E-state index is -0.675. The first-order valence-corrected chi connectivity index (χ1v) is 6.11. The molecule has 0 fully saturated rings. The summed E-state index contributed by atoms with van der Waals surface area (Å²) >= 11 is 0. The third-order valence-corrected chi connectivity index (χ3v) is 2.91. The predicted octanol–water partition coefficient (Wildman–Crippen LogP) is 1.34. The third kappa shape index (κ3) is 5.82. The van der Waals surface area contributed by atoms with Gasteiger partial charge in [0.1, 0.15) is 0 Å². The highest BCUT2D eigenvalue weighted by atomic mass is 16.3. The van der Waals surface area contributed by atoms with Crippen LogP contribution in [0.1, 0.15) is 25.8 Å². The normalized spacial score (nSPS) is 13.6. The molecule has 1 aromatic rings. The van der Waals surface area contributed by atoms with Crippen LogP contribution in [-0.2, 0) is 6.42 Å². The van der Waals surface area contributed by atoms with Crippen LogP contribution in [-0.4, -0.2) is 35.0 Å². The van der Waals surface area contributed by atoms with Gasteiger partial charge in [0.05, 0.1) is 12.7 Å². The summed E-state index contributed by atoms with van der Waals surface area (Å²) in [6.45, 7) is 4.46. The third-order valence-electron chi connectivity index (χ3n) is 2.91. The molecule has 3 heteroatoms. The molecule has 0 spiro atoms. The van der Waals surface area contributed by atoms with E-state index in [2.05, 4.69) is 31.3 Å². The lowest BCUT2D eigenvalue weighted by Gasteiger charge is -2.27. The molecule has 0 radical (unpaired) electrons. The van der Waals surface area contributed by atoms with Crippen molar-refractivity contribution in [3.05, 3.63) is 35.9 Å². The summed E-state index contributed by atoms with van der Waals surface area (Å²) in [6.07, 6.45) is 1.33. The monoisotopic (exact) mass is 237 g/mol. The second kappa shape index (κ2) is 6.74. The Bertz CT molecular complexity index is 311. The summed E-state index contributed by atoms with van der Waals surface area (Å²) < 4.78 is 0. The van der Waals surface area contributed by atoms with E-state index in [1.54, 1.807) is 0 Å². The molecule has 3 N–H and O–H groups in total. The second-order valence-corrected chi connectivity index (χ2v) is 5.09. The van der Waals surface area contributed by atoms with Crippen LogP contribution in [0.3, 0.4) is 0 Å². The summed E-state index contributed by atoms with van der Waals surface area (Å²) in [6, 6.07) is 10.4. The topological polar surface area (TPSA) is 52.5 Å². The molecule has 1 atom stereocenters. The first kappa shape index (κ1) is 14.2. The van der Waals surface area contributed by atoms with Crippen molar-refractivity contribution >= 4 is 0 Å². The molecule has 0 amide bonds. The minimum absolute atomic E-state index is 0.0357. The molecule has 1 rings (SSSR count). The van der Waals surface area contributed by atoms with Gasteiger partial charge in [-0.25, -0.2) is 0 Å². The quantitative estimate of drug-likeness (QED) is 0.671. The van der Waals surface area contributed by atoms with Crippen LogP contribution in [0.2, 0.25) is 0 Å². The number of aliphatic hydroxyl groups is 2. The lowest BCUT2D eigenvalue weighted by molar-refractivity contribution is 0.0872. The van der Waals surface area contributed by atoms with E-state index >= 15 is 0 Å². The van der Waals surface area contributed by atoms with Crippen molar-refractivity contribution in [1.82, 2.24) is 5.32 Å². The molecule has 0 saturated heterocycles. The van der Waals surface area contributed by atoms with Crippen molar-refractivity contribution in [2.24, 2.45) is 0 Å². The average molecular weight is 237 g/mol. The van der Waals surface area contributed by atoms with Gasteiger partial charge < -0.3 is 15.5 Å². The summed E-state index contributed by atoms with van der Waals surface area (Å²) in [5, 5.41) is 21.3. The second-order valence-electron chi connectivity index (χ2n) is 5.09. The van der Waals surface area contributed by atoms with E-state index in [9.17, 15) is 5.11 Å². The van der Waals surface area contributed by atoms with Gasteiger partial charge in [0, 0.05) is 12.1 Å². The number of nitrogens with one attached hydrogen (secondary N) is 1. The van der Waals surface area contributed by atoms with E-state index in [0.717, 1.165) is 12.8 Å².